The maximum Gasteiger partial charge on any atom is 0.145 e. The number of hydrogen-bond acceptors (Lipinski definition) is 3. The lowest BCUT2D eigenvalue weighted by molar-refractivity contribution is 0.405. The van der Waals surface area contributed by atoms with E-state index in [1.54, 1.807) is 7.11 Å². The average molecular weight is 257 g/mol. The van der Waals surface area contributed by atoms with E-state index in [2.05, 4.69) is 16.3 Å². The molecule has 1 aromatic heterocycles. The Morgan fingerprint density at radius 1 is 1.26 bits per heavy atom. The zero-order chi connectivity index (χ0) is 13.2. The first kappa shape index (κ1) is 12.1. The molecule has 0 amide bonds. The van der Waals surface area contributed by atoms with E-state index in [1.165, 1.54) is 31.2 Å². The number of nitrogens with one attached hydrogen (secondary N) is 1. The molecule has 3 rings (SSSR count). The van der Waals surface area contributed by atoms with E-state index in [0.717, 1.165) is 17.0 Å². The predicted molar refractivity (Wildman–Crippen MR) is 76.2 cm³/mol. The van der Waals surface area contributed by atoms with Crippen molar-refractivity contribution in [1.29, 1.82) is 0 Å². The zero-order valence-corrected chi connectivity index (χ0v) is 11.1. The summed E-state index contributed by atoms with van der Waals surface area (Å²) in [6, 6.07) is 8.16. The van der Waals surface area contributed by atoms with E-state index < -0.39 is 0 Å². The van der Waals surface area contributed by atoms with Crippen LogP contribution in [0.25, 0.3) is 11.3 Å². The first-order valence-electron chi connectivity index (χ1n) is 6.77. The smallest absolute Gasteiger partial charge is 0.145 e. The van der Waals surface area contributed by atoms with E-state index in [9.17, 15) is 0 Å². The summed E-state index contributed by atoms with van der Waals surface area (Å²) in [5, 5.41) is 6.95. The molecule has 3 N–H and O–H groups in total. The third-order valence-corrected chi connectivity index (χ3v) is 3.93. The highest BCUT2D eigenvalue weighted by Crippen LogP contribution is 2.40. The Labute approximate surface area is 113 Å². The number of nitrogen functional groups attached to an aromatic ring is 1. The molecule has 4 heteroatoms. The molecule has 0 spiro atoms. The second-order valence-electron chi connectivity index (χ2n) is 5.14. The number of aromatic amines is 1. The highest BCUT2D eigenvalue weighted by molar-refractivity contribution is 5.64. The molecule has 0 radical (unpaired) electrons. The number of ether oxygens (including phenoxy) is 1. The first-order valence-corrected chi connectivity index (χ1v) is 6.77. The van der Waals surface area contributed by atoms with Crippen molar-refractivity contribution in [3.63, 3.8) is 0 Å². The van der Waals surface area contributed by atoms with Crippen molar-refractivity contribution in [2.24, 2.45) is 0 Å². The SMILES string of the molecule is COc1ccc(-c2cc(N)n[nH]2)cc1C1CCCC1. The summed E-state index contributed by atoms with van der Waals surface area (Å²) in [4.78, 5) is 0. The van der Waals surface area contributed by atoms with E-state index in [1.807, 2.05) is 18.2 Å². The van der Waals surface area contributed by atoms with Crippen LogP contribution in [0.5, 0.6) is 5.75 Å². The highest BCUT2D eigenvalue weighted by Gasteiger charge is 2.21. The topological polar surface area (TPSA) is 63.9 Å². The molecule has 4 nitrogen and oxygen atoms in total. The molecule has 1 fully saturated rings. The van der Waals surface area contributed by atoms with Gasteiger partial charge in [-0.1, -0.05) is 12.8 Å². The third-order valence-electron chi connectivity index (χ3n) is 3.93. The third kappa shape index (κ3) is 2.30. The maximum atomic E-state index is 5.67. The van der Waals surface area contributed by atoms with Gasteiger partial charge in [-0.25, -0.2) is 0 Å². The summed E-state index contributed by atoms with van der Waals surface area (Å²) < 4.78 is 5.50. The summed E-state index contributed by atoms with van der Waals surface area (Å²) in [5.74, 6) is 2.13. The van der Waals surface area contributed by atoms with Gasteiger partial charge in [0.2, 0.25) is 0 Å². The van der Waals surface area contributed by atoms with Gasteiger partial charge in [-0.2, -0.15) is 5.10 Å². The van der Waals surface area contributed by atoms with Crippen molar-refractivity contribution in [3.8, 4) is 17.0 Å². The van der Waals surface area contributed by atoms with Crippen LogP contribution in [-0.4, -0.2) is 17.3 Å². The Morgan fingerprint density at radius 2 is 2.05 bits per heavy atom. The average Bonchev–Trinajstić information content (AvgIpc) is 3.09. The van der Waals surface area contributed by atoms with Crippen molar-refractivity contribution in [3.05, 3.63) is 29.8 Å². The summed E-state index contributed by atoms with van der Waals surface area (Å²) >= 11 is 0. The summed E-state index contributed by atoms with van der Waals surface area (Å²) in [5.41, 5.74) is 9.05. The normalized spacial score (nSPS) is 15.8. The zero-order valence-electron chi connectivity index (χ0n) is 11.1. The molecular weight excluding hydrogens is 238 g/mol. The van der Waals surface area contributed by atoms with Crippen molar-refractivity contribution in [1.82, 2.24) is 10.2 Å². The number of nitrogens with zero attached hydrogens (tertiary/aromatic N) is 1. The second-order valence-corrected chi connectivity index (χ2v) is 5.14. The van der Waals surface area contributed by atoms with Gasteiger partial charge < -0.3 is 10.5 Å². The fourth-order valence-electron chi connectivity index (χ4n) is 2.94. The van der Waals surface area contributed by atoms with Crippen LogP contribution < -0.4 is 10.5 Å². The molecule has 1 heterocycles. The van der Waals surface area contributed by atoms with Gasteiger partial charge in [0.1, 0.15) is 11.6 Å². The minimum atomic E-state index is 0.522. The second kappa shape index (κ2) is 4.96. The highest BCUT2D eigenvalue weighted by atomic mass is 16.5. The Morgan fingerprint density at radius 3 is 2.68 bits per heavy atom. The van der Waals surface area contributed by atoms with Crippen LogP contribution in [0.3, 0.4) is 0 Å². The molecule has 0 saturated heterocycles. The lowest BCUT2D eigenvalue weighted by Crippen LogP contribution is -1.98. The van der Waals surface area contributed by atoms with Crippen molar-refractivity contribution in [2.45, 2.75) is 31.6 Å². The minimum Gasteiger partial charge on any atom is -0.496 e. The van der Waals surface area contributed by atoms with E-state index in [-0.39, 0.29) is 0 Å². The lowest BCUT2D eigenvalue weighted by Gasteiger charge is -2.15. The monoisotopic (exact) mass is 257 g/mol. The molecule has 0 atom stereocenters. The molecule has 0 bridgehead atoms. The number of hydrogen-bond donors (Lipinski definition) is 2. The fraction of sp³-hybridized carbons (Fsp3) is 0.400. The van der Waals surface area contributed by atoms with Crippen LogP contribution in [0.15, 0.2) is 24.3 Å². The lowest BCUT2D eigenvalue weighted by atomic mass is 9.94. The quantitative estimate of drug-likeness (QED) is 0.886. The van der Waals surface area contributed by atoms with Crippen molar-refractivity contribution in [2.75, 3.05) is 12.8 Å². The molecule has 19 heavy (non-hydrogen) atoms. The van der Waals surface area contributed by atoms with Crippen LogP contribution in [0, 0.1) is 0 Å². The van der Waals surface area contributed by atoms with Crippen molar-refractivity contribution < 1.29 is 4.74 Å². The maximum absolute atomic E-state index is 5.67. The molecule has 1 aromatic carbocycles. The van der Waals surface area contributed by atoms with Crippen LogP contribution >= 0.6 is 0 Å². The van der Waals surface area contributed by atoms with Gasteiger partial charge in [0.15, 0.2) is 0 Å². The molecule has 0 aliphatic heterocycles. The summed E-state index contributed by atoms with van der Waals surface area (Å²) in [6.45, 7) is 0. The predicted octanol–water partition coefficient (Wildman–Crippen LogP) is 3.33. The molecule has 2 aromatic rings. The standard InChI is InChI=1S/C15H19N3O/c1-19-14-7-6-11(13-9-15(16)18-17-13)8-12(14)10-4-2-3-5-10/h6-10H,2-5H2,1H3,(H3,16,17,18). The number of rotatable bonds is 3. The first-order chi connectivity index (χ1) is 9.28. The molecular formula is C15H19N3O. The van der Waals surface area contributed by atoms with Gasteiger partial charge in [0.05, 0.1) is 12.8 Å². The van der Waals surface area contributed by atoms with E-state index in [4.69, 9.17) is 10.5 Å². The molecule has 1 saturated carbocycles. The van der Waals surface area contributed by atoms with Gasteiger partial charge in [0.25, 0.3) is 0 Å². The van der Waals surface area contributed by atoms with Gasteiger partial charge in [0, 0.05) is 11.6 Å². The van der Waals surface area contributed by atoms with Crippen LogP contribution in [-0.2, 0) is 0 Å². The Bertz CT molecular complexity index is 571. The van der Waals surface area contributed by atoms with Crippen LogP contribution in [0.1, 0.15) is 37.2 Å². The Hall–Kier alpha value is -1.97. The van der Waals surface area contributed by atoms with Crippen molar-refractivity contribution >= 4 is 5.82 Å². The van der Waals surface area contributed by atoms with E-state index in [0.29, 0.717) is 11.7 Å². The number of H-pyrrole nitrogens is 1. The molecule has 1 aliphatic carbocycles. The minimum absolute atomic E-state index is 0.522. The summed E-state index contributed by atoms with van der Waals surface area (Å²) in [6.07, 6.45) is 5.14. The van der Waals surface area contributed by atoms with Gasteiger partial charge in [-0.15, -0.1) is 0 Å². The van der Waals surface area contributed by atoms with Gasteiger partial charge >= 0.3 is 0 Å². The van der Waals surface area contributed by atoms with Gasteiger partial charge in [-0.05, 0) is 42.5 Å². The fourth-order valence-corrected chi connectivity index (χ4v) is 2.94. The number of aromatic nitrogens is 2. The number of anilines is 1. The Balaban J connectivity index is 2.01. The van der Waals surface area contributed by atoms with Crippen LogP contribution in [0.4, 0.5) is 5.82 Å². The van der Waals surface area contributed by atoms with E-state index >= 15 is 0 Å². The number of methoxy groups -OCH3 is 1. The molecule has 0 unspecified atom stereocenters. The number of nitrogens with two attached hydrogens (primary N) is 1. The molecule has 100 valence electrons. The number of benzene rings is 1. The largest absolute Gasteiger partial charge is 0.496 e. The van der Waals surface area contributed by atoms with Gasteiger partial charge in [-0.3, -0.25) is 5.10 Å². The summed E-state index contributed by atoms with van der Waals surface area (Å²) in [7, 11) is 1.74. The van der Waals surface area contributed by atoms with Crippen LogP contribution in [0.2, 0.25) is 0 Å². The Kier molecular flexibility index (Phi) is 3.15. The molecule has 1 aliphatic rings.